The minimum Gasteiger partial charge on any atom is -0.503 e. The van der Waals surface area contributed by atoms with Gasteiger partial charge in [-0.15, -0.1) is 58.7 Å². The summed E-state index contributed by atoms with van der Waals surface area (Å²) in [6, 6.07) is 36.6. The molecule has 0 spiro atoms. The molecule has 59 heavy (non-hydrogen) atoms. The summed E-state index contributed by atoms with van der Waals surface area (Å²) >= 11 is 0. The van der Waals surface area contributed by atoms with Gasteiger partial charge in [0.15, 0.2) is 0 Å². The van der Waals surface area contributed by atoms with E-state index in [0.717, 1.165) is 90.5 Å². The maximum Gasteiger partial charge on any atom is 2.00 e. The van der Waals surface area contributed by atoms with E-state index in [1.807, 2.05) is 47.3 Å². The molecule has 0 saturated heterocycles. The van der Waals surface area contributed by atoms with E-state index in [-0.39, 0.29) is 41.5 Å². The van der Waals surface area contributed by atoms with Gasteiger partial charge in [-0.25, -0.2) is 9.97 Å². The average molecular weight is 1050 g/mol. The summed E-state index contributed by atoms with van der Waals surface area (Å²) in [4.78, 5) is 18.6. The Morgan fingerprint density at radius 3 is 1.41 bits per heavy atom. The van der Waals surface area contributed by atoms with Crippen molar-refractivity contribution in [3.63, 3.8) is 0 Å². The van der Waals surface area contributed by atoms with Crippen molar-refractivity contribution < 1.29 is 51.0 Å². The summed E-state index contributed by atoms with van der Waals surface area (Å²) in [5.41, 5.74) is 11.8. The van der Waals surface area contributed by atoms with E-state index in [4.69, 9.17) is 9.47 Å². The number of rotatable bonds is 11. The number of hydrogen-bond acceptors (Lipinski definition) is 6. The van der Waals surface area contributed by atoms with Gasteiger partial charge in [-0.1, -0.05) is 124 Å². The predicted octanol–water partition coefficient (Wildman–Crippen LogP) is 12.1. The summed E-state index contributed by atoms with van der Waals surface area (Å²) in [5, 5.41) is 1.92. The number of aromatic nitrogens is 5. The molecule has 8 rings (SSSR count). The van der Waals surface area contributed by atoms with Crippen LogP contribution in [0.25, 0.3) is 50.3 Å². The van der Waals surface area contributed by atoms with Crippen molar-refractivity contribution in [1.29, 1.82) is 0 Å². The number of fused-ring (bicyclic) bond motifs is 3. The van der Waals surface area contributed by atoms with Crippen molar-refractivity contribution in [1.82, 2.24) is 24.5 Å². The third-order valence-electron chi connectivity index (χ3n) is 10.0. The van der Waals surface area contributed by atoms with Crippen LogP contribution in [0, 0.1) is 63.8 Å². The zero-order valence-corrected chi connectivity index (χ0v) is 38.2. The molecule has 4 aromatic heterocycles. The number of hydrogen-bond donors (Lipinski definition) is 0. The number of benzene rings is 4. The van der Waals surface area contributed by atoms with Gasteiger partial charge in [-0.05, 0) is 43.4 Å². The minimum atomic E-state index is 0. The molecule has 0 aliphatic rings. The van der Waals surface area contributed by atoms with Crippen LogP contribution in [0.3, 0.4) is 0 Å². The van der Waals surface area contributed by atoms with Crippen molar-refractivity contribution in [2.24, 2.45) is 11.8 Å². The fourth-order valence-corrected chi connectivity index (χ4v) is 7.35. The fraction of sp³-hybridized carbons (Fsp3) is 0.240. The van der Waals surface area contributed by atoms with Gasteiger partial charge in [0, 0.05) is 47.8 Å². The second-order valence-electron chi connectivity index (χ2n) is 15.7. The Hall–Kier alpha value is -4.99. The van der Waals surface area contributed by atoms with Gasteiger partial charge in [-0.3, -0.25) is 0 Å². The summed E-state index contributed by atoms with van der Waals surface area (Å²) < 4.78 is 15.5. The molecule has 0 aliphatic heterocycles. The molecule has 9 heteroatoms. The van der Waals surface area contributed by atoms with Crippen LogP contribution in [0.4, 0.5) is 0 Å². The predicted molar refractivity (Wildman–Crippen MR) is 227 cm³/mol. The van der Waals surface area contributed by atoms with Gasteiger partial charge >= 0.3 is 41.5 Å². The molecule has 8 aromatic rings. The molecule has 0 aliphatic carbocycles. The first kappa shape index (κ1) is 43.6. The Labute approximate surface area is 375 Å². The first-order chi connectivity index (χ1) is 27.5. The summed E-state index contributed by atoms with van der Waals surface area (Å²) in [6.07, 6.45) is 8.83. The van der Waals surface area contributed by atoms with Gasteiger partial charge in [0.25, 0.3) is 0 Å². The van der Waals surface area contributed by atoms with E-state index in [9.17, 15) is 0 Å². The molecule has 0 fully saturated rings. The maximum absolute atomic E-state index is 6.76. The first-order valence-electron chi connectivity index (χ1n) is 19.5. The molecule has 4 heterocycles. The van der Waals surface area contributed by atoms with E-state index in [1.54, 1.807) is 12.4 Å². The molecule has 302 valence electrons. The topological polar surface area (TPSA) is 75.0 Å². The molecule has 7 nitrogen and oxygen atoms in total. The van der Waals surface area contributed by atoms with Crippen molar-refractivity contribution in [2.75, 3.05) is 0 Å². The van der Waals surface area contributed by atoms with Crippen molar-refractivity contribution in [3.05, 3.63) is 149 Å². The Balaban J connectivity index is 0.00000293. The third-order valence-corrected chi connectivity index (χ3v) is 10.0. The number of ether oxygens (including phenoxy) is 2. The average Bonchev–Trinajstić information content (AvgIpc) is 3.50. The van der Waals surface area contributed by atoms with Gasteiger partial charge in [0.2, 0.25) is 5.95 Å². The monoisotopic (exact) mass is 1050 g/mol. The number of nitrogens with zero attached hydrogens (tertiary/aromatic N) is 5. The standard InChI is InChI=1S/C50H45N5O2.Pd.Pt/c1-30(2)20-42-34(7)24-36(44-22-32(5)14-18-51-44)26-48(42)56-38-10-12-40-41-13-11-39(29-47(41)55(46(40)28-38)50-53-16-9-17-54-50)57-49-27-37(45-23-33(6)15-19-52-45)25-35(8)43(49)21-31(3)4;;/h9-19,22-25,30-31H,20-21H2,1-8H3;;/q-4;2*+2. The fourth-order valence-electron chi connectivity index (χ4n) is 7.35. The van der Waals surface area contributed by atoms with Crippen molar-refractivity contribution in [2.45, 2.75) is 68.2 Å². The summed E-state index contributed by atoms with van der Waals surface area (Å²) in [5.74, 6) is 3.78. The van der Waals surface area contributed by atoms with E-state index in [2.05, 4.69) is 136 Å². The van der Waals surface area contributed by atoms with Gasteiger partial charge in [0.1, 0.15) is 0 Å². The molecule has 0 amide bonds. The summed E-state index contributed by atoms with van der Waals surface area (Å²) in [7, 11) is 0. The largest absolute Gasteiger partial charge is 2.00 e. The SMILES string of the molecule is Cc1ccnc(-c2[c-]c(Oc3[c-]c4c(cc3)c3ccc(Oc5[c-]c(-c6cc(C)ccn6)cc(C)c5CC(C)C)[c-]c3n4-c3ncccn3)c(CC(C)C)c(C)c2)c1.[Pd+2].[Pt+2]. The maximum atomic E-state index is 6.76. The van der Waals surface area contributed by atoms with E-state index < -0.39 is 0 Å². The van der Waals surface area contributed by atoms with E-state index >= 15 is 0 Å². The normalized spacial score (nSPS) is 11.2. The van der Waals surface area contributed by atoms with Crippen LogP contribution in [-0.4, -0.2) is 24.5 Å². The minimum absolute atomic E-state index is 0. The molecule has 0 atom stereocenters. The van der Waals surface area contributed by atoms with Gasteiger partial charge < -0.3 is 24.0 Å². The second-order valence-corrected chi connectivity index (χ2v) is 15.7. The Morgan fingerprint density at radius 2 is 1.00 bits per heavy atom. The van der Waals surface area contributed by atoms with Crippen LogP contribution in [0.1, 0.15) is 61.1 Å². The van der Waals surface area contributed by atoms with E-state index in [0.29, 0.717) is 40.8 Å². The molecular formula is C50H45N5O2PdPt. The van der Waals surface area contributed by atoms with Crippen LogP contribution < -0.4 is 9.47 Å². The molecule has 4 aromatic carbocycles. The Kier molecular flexibility index (Phi) is 13.7. The number of pyridine rings is 2. The molecule has 0 bridgehead atoms. The Bertz CT molecular complexity index is 2600. The van der Waals surface area contributed by atoms with Gasteiger partial charge in [-0.2, -0.15) is 22.9 Å². The van der Waals surface area contributed by atoms with Crippen molar-refractivity contribution >= 4 is 21.8 Å². The van der Waals surface area contributed by atoms with Crippen LogP contribution >= 0.6 is 0 Å². The zero-order valence-electron chi connectivity index (χ0n) is 34.4. The van der Waals surface area contributed by atoms with Crippen molar-refractivity contribution in [3.8, 4) is 51.5 Å². The van der Waals surface area contributed by atoms with Crippen LogP contribution in [-0.2, 0) is 54.3 Å². The Morgan fingerprint density at radius 1 is 0.559 bits per heavy atom. The molecule has 0 N–H and O–H groups in total. The van der Waals surface area contributed by atoms with Gasteiger partial charge in [0.05, 0.1) is 0 Å². The summed E-state index contributed by atoms with van der Waals surface area (Å²) in [6.45, 7) is 17.3. The van der Waals surface area contributed by atoms with Crippen LogP contribution in [0.2, 0.25) is 0 Å². The smallest absolute Gasteiger partial charge is 0.503 e. The molecule has 0 saturated carbocycles. The second kappa shape index (κ2) is 18.5. The molecule has 0 radical (unpaired) electrons. The third kappa shape index (κ3) is 9.42. The molecule has 0 unspecified atom stereocenters. The van der Waals surface area contributed by atoms with E-state index in [1.165, 1.54) is 0 Å². The first-order valence-corrected chi connectivity index (χ1v) is 19.5. The quantitative estimate of drug-likeness (QED) is 0.0949. The molecular weight excluding hydrogens is 1000 g/mol. The van der Waals surface area contributed by atoms with Crippen LogP contribution in [0.5, 0.6) is 23.0 Å². The van der Waals surface area contributed by atoms with Crippen LogP contribution in [0.15, 0.2) is 91.5 Å². The zero-order chi connectivity index (χ0) is 39.8. The number of aryl methyl sites for hydroxylation is 4.